The van der Waals surface area contributed by atoms with Gasteiger partial charge < -0.3 is 100 Å². The van der Waals surface area contributed by atoms with Gasteiger partial charge >= 0.3 is 5.97 Å². The fraction of sp³-hybridized carbons (Fsp3) is 0.938. The highest BCUT2D eigenvalue weighted by Gasteiger charge is 2.60. The summed E-state index contributed by atoms with van der Waals surface area (Å²) in [4.78, 5) is 38.7. The van der Waals surface area contributed by atoms with E-state index in [1.807, 2.05) is 6.08 Å². The second-order valence-corrected chi connectivity index (χ2v) is 30.4. The lowest BCUT2D eigenvalue weighted by molar-refractivity contribution is -0.386. The minimum absolute atomic E-state index is 0.206. The van der Waals surface area contributed by atoms with Gasteiger partial charge in [-0.25, -0.2) is 4.79 Å². The quantitative estimate of drug-likeness (QED) is 0.0199. The molecule has 3 heterocycles. The van der Waals surface area contributed by atoms with Gasteiger partial charge in [-0.3, -0.25) is 9.59 Å². The van der Waals surface area contributed by atoms with Gasteiger partial charge in [-0.2, -0.15) is 0 Å². The maximum Gasteiger partial charge on any atom is 0.364 e. The molecule has 3 rings (SSSR count). The van der Waals surface area contributed by atoms with Crippen LogP contribution in [0.25, 0.3) is 0 Å². The standard InChI is InChI=1S/C80H150N2O21/c1-4-6-8-10-12-14-16-18-20-22-23-24-25-26-27-28-29-30-31-32-33-34-35-36-38-40-42-44-46-48-50-52-54-67(90)82-61(62(87)53-51-49-47-45-43-41-39-37-21-19-17-15-13-11-9-7-5-2)59-98-77-72(94)71(93)74(66(58-85)100-77)101-78-73(95)76(70(92)65(57-84)99-78)103-80(79(96)97)55-63(88)68(81-60(3)86)75(102-80)69(91)64(89)56-83/h51,53,61-66,68-78,83-85,87-89,91-95H,4-50,52,54-59H2,1-3H3,(H,81,86)(H,82,90)(H,96,97)/b53-51+. The number of unbranched alkanes of at least 4 members (excludes halogenated alkanes) is 46. The molecule has 23 heteroatoms. The predicted molar refractivity (Wildman–Crippen MR) is 398 cm³/mol. The number of rotatable bonds is 66. The Morgan fingerprint density at radius 3 is 1.29 bits per heavy atom. The molecule has 606 valence electrons. The van der Waals surface area contributed by atoms with Crippen molar-refractivity contribution in [2.75, 3.05) is 26.4 Å². The van der Waals surface area contributed by atoms with Crippen molar-refractivity contribution in [2.45, 2.75) is 452 Å². The largest absolute Gasteiger partial charge is 0.477 e. The zero-order valence-corrected chi connectivity index (χ0v) is 64.2. The number of allylic oxidation sites excluding steroid dienone is 1. The molecule has 0 radical (unpaired) electrons. The van der Waals surface area contributed by atoms with E-state index in [1.165, 1.54) is 250 Å². The highest BCUT2D eigenvalue weighted by atomic mass is 16.8. The highest BCUT2D eigenvalue weighted by Crippen LogP contribution is 2.39. The smallest absolute Gasteiger partial charge is 0.364 e. The number of hydrogen-bond donors (Lipinski definition) is 14. The first kappa shape index (κ1) is 94.7. The summed E-state index contributed by atoms with van der Waals surface area (Å²) < 4.78 is 34.9. The van der Waals surface area contributed by atoms with Crippen LogP contribution in [-0.2, 0) is 42.8 Å². The second-order valence-electron chi connectivity index (χ2n) is 30.4. The van der Waals surface area contributed by atoms with Gasteiger partial charge in [0.15, 0.2) is 12.6 Å². The average Bonchev–Trinajstić information content (AvgIpc) is 0.754. The molecule has 0 aromatic heterocycles. The summed E-state index contributed by atoms with van der Waals surface area (Å²) in [7, 11) is 0. The third-order valence-electron chi connectivity index (χ3n) is 21.2. The molecule has 0 aromatic rings. The minimum Gasteiger partial charge on any atom is -0.477 e. The molecule has 18 atom stereocenters. The molecule has 3 fully saturated rings. The predicted octanol–water partition coefficient (Wildman–Crippen LogP) is 11.4. The first-order valence-corrected chi connectivity index (χ1v) is 41.6. The maximum atomic E-state index is 13.5. The van der Waals surface area contributed by atoms with Crippen molar-refractivity contribution in [3.05, 3.63) is 12.2 Å². The first-order valence-electron chi connectivity index (χ1n) is 41.6. The van der Waals surface area contributed by atoms with Gasteiger partial charge in [-0.1, -0.05) is 315 Å². The van der Waals surface area contributed by atoms with Gasteiger partial charge in [0.25, 0.3) is 5.79 Å². The van der Waals surface area contributed by atoms with Gasteiger partial charge in [-0.05, 0) is 19.3 Å². The molecular weight excluding hydrogens is 1320 g/mol. The lowest BCUT2D eigenvalue weighted by Crippen LogP contribution is -2.70. The summed E-state index contributed by atoms with van der Waals surface area (Å²) in [6, 6.07) is -2.62. The lowest BCUT2D eigenvalue weighted by Gasteiger charge is -2.50. The Labute approximate surface area is 620 Å². The van der Waals surface area contributed by atoms with Crippen molar-refractivity contribution >= 4 is 17.8 Å². The van der Waals surface area contributed by atoms with E-state index in [0.717, 1.165) is 51.9 Å². The van der Waals surface area contributed by atoms with Crippen molar-refractivity contribution in [3.63, 3.8) is 0 Å². The highest BCUT2D eigenvalue weighted by molar-refractivity contribution is 5.77. The lowest BCUT2D eigenvalue weighted by atomic mass is 9.88. The molecule has 0 bridgehead atoms. The number of amides is 2. The number of carboxylic acid groups (broad SMARTS) is 1. The van der Waals surface area contributed by atoms with E-state index in [9.17, 15) is 75.7 Å². The molecule has 103 heavy (non-hydrogen) atoms. The summed E-state index contributed by atoms with van der Waals surface area (Å²) in [6.45, 7) is 2.19. The Kier molecular flexibility index (Phi) is 54.6. The van der Waals surface area contributed by atoms with Crippen LogP contribution in [0, 0.1) is 0 Å². The maximum absolute atomic E-state index is 13.5. The van der Waals surface area contributed by atoms with E-state index in [-0.39, 0.29) is 12.3 Å². The summed E-state index contributed by atoms with van der Waals surface area (Å²) in [5.74, 6) is -6.13. The van der Waals surface area contributed by atoms with Gasteiger partial charge in [0.1, 0.15) is 67.1 Å². The molecule has 2 amide bonds. The van der Waals surface area contributed by atoms with E-state index in [4.69, 9.17) is 28.4 Å². The fourth-order valence-electron chi connectivity index (χ4n) is 14.7. The molecule has 3 saturated heterocycles. The van der Waals surface area contributed by atoms with Crippen LogP contribution < -0.4 is 10.6 Å². The van der Waals surface area contributed by atoms with E-state index in [2.05, 4.69) is 24.5 Å². The molecule has 14 N–H and O–H groups in total. The van der Waals surface area contributed by atoms with Crippen LogP contribution in [0.4, 0.5) is 0 Å². The van der Waals surface area contributed by atoms with Crippen LogP contribution in [0.5, 0.6) is 0 Å². The van der Waals surface area contributed by atoms with Gasteiger partial charge in [0.2, 0.25) is 11.8 Å². The van der Waals surface area contributed by atoms with Crippen LogP contribution >= 0.6 is 0 Å². The number of carbonyl (C=O) groups is 3. The van der Waals surface area contributed by atoms with Crippen LogP contribution in [-0.4, -0.2) is 215 Å². The zero-order valence-electron chi connectivity index (χ0n) is 64.2. The van der Waals surface area contributed by atoms with Crippen molar-refractivity contribution in [2.24, 2.45) is 0 Å². The SMILES string of the molecule is CCCCCCCCCCCCCCCCC/C=C/C(O)C(COC1OC(CO)C(OC2OC(CO)C(O)C(OC3(C(=O)O)CC(O)C(NC(C)=O)C(C(O)C(O)CO)O3)C2O)C(O)C1O)NC(=O)CCCCCCCCCCCCCCCCCCCCCCCCCCCCCCCCCC. The summed E-state index contributed by atoms with van der Waals surface area (Å²) in [5.41, 5.74) is 0. The summed E-state index contributed by atoms with van der Waals surface area (Å²) in [6.07, 6.45) is 35.5. The number of aliphatic carboxylic acids is 1. The Bertz CT molecular complexity index is 2100. The number of nitrogens with one attached hydrogen (secondary N) is 2. The first-order chi connectivity index (χ1) is 49.9. The summed E-state index contributed by atoms with van der Waals surface area (Å²) >= 11 is 0. The Balaban J connectivity index is 1.46. The van der Waals surface area contributed by atoms with Crippen LogP contribution in [0.3, 0.4) is 0 Å². The molecule has 0 aliphatic carbocycles. The molecule has 3 aliphatic rings. The van der Waals surface area contributed by atoms with E-state index in [0.29, 0.717) is 12.8 Å². The minimum atomic E-state index is -3.08. The number of carboxylic acids is 1. The topological polar surface area (TPSA) is 373 Å². The van der Waals surface area contributed by atoms with Crippen LogP contribution in [0.1, 0.15) is 342 Å². The van der Waals surface area contributed by atoms with Gasteiger partial charge in [-0.15, -0.1) is 0 Å². The number of aliphatic hydroxyl groups excluding tert-OH is 11. The number of ether oxygens (including phenoxy) is 6. The van der Waals surface area contributed by atoms with E-state index >= 15 is 0 Å². The van der Waals surface area contributed by atoms with Crippen molar-refractivity contribution in [1.82, 2.24) is 10.6 Å². The molecule has 0 saturated carbocycles. The molecule has 18 unspecified atom stereocenters. The molecule has 3 aliphatic heterocycles. The zero-order chi connectivity index (χ0) is 75.3. The van der Waals surface area contributed by atoms with Crippen molar-refractivity contribution < 1.29 is 104 Å². The van der Waals surface area contributed by atoms with E-state index < -0.39 is 155 Å². The van der Waals surface area contributed by atoms with E-state index in [1.54, 1.807) is 6.08 Å². The number of hydrogen-bond acceptors (Lipinski definition) is 20. The second kappa shape index (κ2) is 59.4. The van der Waals surface area contributed by atoms with Crippen molar-refractivity contribution in [1.29, 1.82) is 0 Å². The molecule has 0 aromatic carbocycles. The Hall–Kier alpha value is -2.53. The fourth-order valence-corrected chi connectivity index (χ4v) is 14.7. The molecular formula is C80H150N2O21. The third kappa shape index (κ3) is 39.6. The van der Waals surface area contributed by atoms with Crippen LogP contribution in [0.2, 0.25) is 0 Å². The normalized spacial score (nSPS) is 26.5. The number of aliphatic hydroxyl groups is 11. The Morgan fingerprint density at radius 2 is 0.903 bits per heavy atom. The van der Waals surface area contributed by atoms with Crippen LogP contribution in [0.15, 0.2) is 12.2 Å². The summed E-state index contributed by atoms with van der Waals surface area (Å²) in [5, 5.41) is 136. The number of carbonyl (C=O) groups excluding carboxylic acids is 2. The van der Waals surface area contributed by atoms with Gasteiger partial charge in [0, 0.05) is 19.8 Å². The molecule has 0 spiro atoms. The molecule has 23 nitrogen and oxygen atoms in total. The average molecular weight is 1480 g/mol. The van der Waals surface area contributed by atoms with Gasteiger partial charge in [0.05, 0.1) is 50.7 Å². The Morgan fingerprint density at radius 1 is 0.505 bits per heavy atom. The van der Waals surface area contributed by atoms with Crippen molar-refractivity contribution in [3.8, 4) is 0 Å². The third-order valence-corrected chi connectivity index (χ3v) is 21.2. The monoisotopic (exact) mass is 1480 g/mol.